The molecule has 2 N–H and O–H groups in total. The van der Waals surface area contributed by atoms with E-state index in [1.54, 1.807) is 13.3 Å². The quantitative estimate of drug-likeness (QED) is 0.855. The second kappa shape index (κ2) is 6.15. The Morgan fingerprint density at radius 2 is 2.11 bits per heavy atom. The van der Waals surface area contributed by atoms with Gasteiger partial charge in [0, 0.05) is 35.7 Å². The molecule has 19 heavy (non-hydrogen) atoms. The van der Waals surface area contributed by atoms with E-state index in [4.69, 9.17) is 10.5 Å². The number of nitrogens with zero attached hydrogens (tertiary/aromatic N) is 1. The average Bonchev–Trinajstić information content (AvgIpc) is 2.41. The smallest absolute Gasteiger partial charge is 0.145 e. The summed E-state index contributed by atoms with van der Waals surface area (Å²) in [6, 6.07) is 0. The van der Waals surface area contributed by atoms with Crippen molar-refractivity contribution >= 4 is 5.78 Å². The van der Waals surface area contributed by atoms with Gasteiger partial charge in [0.1, 0.15) is 11.5 Å². The Labute approximate surface area is 115 Å². The number of ether oxygens (including phenoxy) is 1. The third kappa shape index (κ3) is 3.13. The lowest BCUT2D eigenvalue weighted by atomic mass is 9.81. The summed E-state index contributed by atoms with van der Waals surface area (Å²) in [5, 5.41) is 0. The van der Waals surface area contributed by atoms with Crippen LogP contribution in [0.25, 0.3) is 0 Å². The van der Waals surface area contributed by atoms with Crippen molar-refractivity contribution < 1.29 is 9.53 Å². The molecule has 0 bridgehead atoms. The zero-order chi connectivity index (χ0) is 14.6. The van der Waals surface area contributed by atoms with Crippen LogP contribution in [0.5, 0.6) is 5.75 Å². The summed E-state index contributed by atoms with van der Waals surface area (Å²) in [6.07, 6.45) is 2.80. The lowest BCUT2D eigenvalue weighted by molar-refractivity contribution is -0.127. The minimum Gasteiger partial charge on any atom is -0.496 e. The Balaban J connectivity index is 3.04. The molecule has 1 aromatic heterocycles. The van der Waals surface area contributed by atoms with Gasteiger partial charge >= 0.3 is 0 Å². The number of hydrogen-bond acceptors (Lipinski definition) is 4. The van der Waals surface area contributed by atoms with Gasteiger partial charge in [0.25, 0.3) is 0 Å². The van der Waals surface area contributed by atoms with Crippen LogP contribution in [0.15, 0.2) is 6.20 Å². The standard InChI is InChI=1S/C15H24N2O2/c1-6-15(4,9-16)13(18)7-12-11(3)14(19-5)10(2)8-17-12/h8H,6-7,9,16H2,1-5H3. The van der Waals surface area contributed by atoms with Crippen molar-refractivity contribution in [3.63, 3.8) is 0 Å². The highest BCUT2D eigenvalue weighted by Crippen LogP contribution is 2.27. The van der Waals surface area contributed by atoms with Gasteiger partial charge in [0.05, 0.1) is 12.8 Å². The van der Waals surface area contributed by atoms with Gasteiger partial charge in [-0.3, -0.25) is 9.78 Å². The van der Waals surface area contributed by atoms with E-state index in [2.05, 4.69) is 4.98 Å². The summed E-state index contributed by atoms with van der Waals surface area (Å²) >= 11 is 0. The monoisotopic (exact) mass is 264 g/mol. The highest BCUT2D eigenvalue weighted by Gasteiger charge is 2.30. The van der Waals surface area contributed by atoms with E-state index >= 15 is 0 Å². The first kappa shape index (κ1) is 15.6. The highest BCUT2D eigenvalue weighted by molar-refractivity contribution is 5.86. The maximum atomic E-state index is 12.4. The fraction of sp³-hybridized carbons (Fsp3) is 0.600. The van der Waals surface area contributed by atoms with Crippen LogP contribution < -0.4 is 10.5 Å². The van der Waals surface area contributed by atoms with Crippen LogP contribution in [-0.4, -0.2) is 24.4 Å². The molecule has 0 aliphatic heterocycles. The Morgan fingerprint density at radius 1 is 1.47 bits per heavy atom. The summed E-state index contributed by atoms with van der Waals surface area (Å²) in [4.78, 5) is 16.7. The van der Waals surface area contributed by atoms with E-state index in [0.29, 0.717) is 13.0 Å². The summed E-state index contributed by atoms with van der Waals surface area (Å²) in [7, 11) is 1.64. The van der Waals surface area contributed by atoms with Crippen LogP contribution >= 0.6 is 0 Å². The molecule has 0 aromatic carbocycles. The van der Waals surface area contributed by atoms with Crippen molar-refractivity contribution in [1.29, 1.82) is 0 Å². The Bertz CT molecular complexity index is 465. The number of methoxy groups -OCH3 is 1. The predicted molar refractivity (Wildman–Crippen MR) is 76.4 cm³/mol. The molecule has 1 rings (SSSR count). The topological polar surface area (TPSA) is 65.2 Å². The van der Waals surface area contributed by atoms with E-state index in [9.17, 15) is 4.79 Å². The molecule has 1 aromatic rings. The number of Topliss-reactive ketones (excluding diaryl/α,β-unsaturated/α-hetero) is 1. The molecule has 4 heteroatoms. The van der Waals surface area contributed by atoms with Gasteiger partial charge < -0.3 is 10.5 Å². The van der Waals surface area contributed by atoms with Crippen LogP contribution in [0.2, 0.25) is 0 Å². The maximum absolute atomic E-state index is 12.4. The number of nitrogens with two attached hydrogens (primary N) is 1. The summed E-state index contributed by atoms with van der Waals surface area (Å²) in [6.45, 7) is 8.15. The van der Waals surface area contributed by atoms with Crippen molar-refractivity contribution in [2.24, 2.45) is 11.1 Å². The number of rotatable bonds is 6. The molecular weight excluding hydrogens is 240 g/mol. The van der Waals surface area contributed by atoms with Crippen LogP contribution in [0.1, 0.15) is 37.1 Å². The van der Waals surface area contributed by atoms with Crippen molar-refractivity contribution in [2.45, 2.75) is 40.5 Å². The lowest BCUT2D eigenvalue weighted by Crippen LogP contribution is -2.36. The molecule has 0 aliphatic carbocycles. The molecule has 1 atom stereocenters. The molecule has 1 heterocycles. The highest BCUT2D eigenvalue weighted by atomic mass is 16.5. The van der Waals surface area contributed by atoms with Crippen molar-refractivity contribution in [2.75, 3.05) is 13.7 Å². The third-order valence-electron chi connectivity index (χ3n) is 3.98. The Morgan fingerprint density at radius 3 is 2.58 bits per heavy atom. The maximum Gasteiger partial charge on any atom is 0.145 e. The molecule has 0 saturated carbocycles. The average molecular weight is 264 g/mol. The first-order valence-electron chi connectivity index (χ1n) is 6.62. The second-order valence-corrected chi connectivity index (χ2v) is 5.26. The molecular formula is C15H24N2O2. The fourth-order valence-corrected chi connectivity index (χ4v) is 2.07. The van der Waals surface area contributed by atoms with Crippen LogP contribution in [0.3, 0.4) is 0 Å². The molecule has 0 amide bonds. The predicted octanol–water partition coefficient (Wildman–Crippen LogP) is 2.19. The van der Waals surface area contributed by atoms with Gasteiger partial charge in [-0.05, 0) is 20.3 Å². The Hall–Kier alpha value is -1.42. The fourth-order valence-electron chi connectivity index (χ4n) is 2.07. The summed E-state index contributed by atoms with van der Waals surface area (Å²) in [5.41, 5.74) is 7.95. The van der Waals surface area contributed by atoms with Gasteiger partial charge in [-0.15, -0.1) is 0 Å². The van der Waals surface area contributed by atoms with E-state index in [-0.39, 0.29) is 5.78 Å². The number of aromatic nitrogens is 1. The van der Waals surface area contributed by atoms with Crippen LogP contribution in [0.4, 0.5) is 0 Å². The molecule has 0 aliphatic rings. The molecule has 0 radical (unpaired) electrons. The van der Waals surface area contributed by atoms with Gasteiger partial charge in [-0.25, -0.2) is 0 Å². The second-order valence-electron chi connectivity index (χ2n) is 5.26. The number of pyridine rings is 1. The summed E-state index contributed by atoms with van der Waals surface area (Å²) in [5.74, 6) is 0.947. The molecule has 106 valence electrons. The van der Waals surface area contributed by atoms with Crippen molar-refractivity contribution in [3.8, 4) is 5.75 Å². The summed E-state index contributed by atoms with van der Waals surface area (Å²) < 4.78 is 5.36. The van der Waals surface area contributed by atoms with E-state index in [1.165, 1.54) is 0 Å². The minimum atomic E-state index is -0.466. The van der Waals surface area contributed by atoms with Gasteiger partial charge in [-0.1, -0.05) is 13.8 Å². The third-order valence-corrected chi connectivity index (χ3v) is 3.98. The largest absolute Gasteiger partial charge is 0.496 e. The van der Waals surface area contributed by atoms with E-state index in [1.807, 2.05) is 27.7 Å². The van der Waals surface area contributed by atoms with Crippen LogP contribution in [-0.2, 0) is 11.2 Å². The lowest BCUT2D eigenvalue weighted by Gasteiger charge is -2.25. The Kier molecular flexibility index (Phi) is 5.06. The zero-order valence-electron chi connectivity index (χ0n) is 12.5. The number of carbonyl (C=O) groups is 1. The number of aryl methyl sites for hydroxylation is 1. The molecule has 4 nitrogen and oxygen atoms in total. The van der Waals surface area contributed by atoms with Crippen molar-refractivity contribution in [3.05, 3.63) is 23.0 Å². The van der Waals surface area contributed by atoms with E-state index < -0.39 is 5.41 Å². The molecule has 1 unspecified atom stereocenters. The number of hydrogen-bond donors (Lipinski definition) is 1. The number of carbonyl (C=O) groups excluding carboxylic acids is 1. The van der Waals surface area contributed by atoms with Crippen LogP contribution in [0, 0.1) is 19.3 Å². The molecule has 0 spiro atoms. The zero-order valence-corrected chi connectivity index (χ0v) is 12.5. The van der Waals surface area contributed by atoms with Gasteiger partial charge in [0.2, 0.25) is 0 Å². The normalized spacial score (nSPS) is 14.0. The SMILES string of the molecule is CCC(C)(CN)C(=O)Cc1ncc(C)c(OC)c1C. The number of ketones is 1. The first-order valence-corrected chi connectivity index (χ1v) is 6.62. The molecule has 0 saturated heterocycles. The van der Waals surface area contributed by atoms with Crippen molar-refractivity contribution in [1.82, 2.24) is 4.98 Å². The molecule has 0 fully saturated rings. The van der Waals surface area contributed by atoms with Gasteiger partial charge in [0.15, 0.2) is 0 Å². The first-order chi connectivity index (χ1) is 8.89. The van der Waals surface area contributed by atoms with E-state index in [0.717, 1.165) is 29.0 Å². The van der Waals surface area contributed by atoms with Gasteiger partial charge in [-0.2, -0.15) is 0 Å². The minimum absolute atomic E-state index is 0.138.